The molecule has 140 valence electrons. The van der Waals surface area contributed by atoms with Crippen molar-refractivity contribution in [3.63, 3.8) is 0 Å². The average molecular weight is 482 g/mol. The molecule has 0 bridgehead atoms. The van der Waals surface area contributed by atoms with Gasteiger partial charge in [0.25, 0.3) is 5.69 Å². The first kappa shape index (κ1) is 21.6. The number of rotatable bonds is 3. The van der Waals surface area contributed by atoms with Crippen molar-refractivity contribution in [1.29, 1.82) is 0 Å². The molecule has 25 heavy (non-hydrogen) atoms. The summed E-state index contributed by atoms with van der Waals surface area (Å²) in [4.78, 5) is 16.7. The van der Waals surface area contributed by atoms with Crippen LogP contribution >= 0.6 is 24.0 Å². The highest BCUT2D eigenvalue weighted by atomic mass is 127. The smallest absolute Gasteiger partial charge is 0.274 e. The minimum absolute atomic E-state index is 0. The van der Waals surface area contributed by atoms with Gasteiger partial charge in [0.2, 0.25) is 0 Å². The molecule has 2 rings (SSSR count). The number of nitrogens with one attached hydrogen (secondary N) is 1. The molecule has 0 amide bonds. The zero-order valence-electron chi connectivity index (χ0n) is 14.4. The maximum absolute atomic E-state index is 12.1. The number of aliphatic imine (C=N–C) groups is 1. The third-order valence-corrected chi connectivity index (χ3v) is 6.71. The molecule has 1 aliphatic heterocycles. The number of nitro benzene ring substituents is 1. The highest BCUT2D eigenvalue weighted by molar-refractivity contribution is 14.0. The van der Waals surface area contributed by atoms with Gasteiger partial charge < -0.3 is 10.2 Å². The zero-order chi connectivity index (χ0) is 18.0. The van der Waals surface area contributed by atoms with Crippen LogP contribution in [0.25, 0.3) is 0 Å². The molecule has 1 heterocycles. The van der Waals surface area contributed by atoms with Crippen LogP contribution in [0, 0.1) is 10.1 Å². The summed E-state index contributed by atoms with van der Waals surface area (Å²) in [5.41, 5.74) is 0.592. The Hall–Kier alpha value is -1.43. The number of hydrogen-bond donors (Lipinski definition) is 1. The van der Waals surface area contributed by atoms with Crippen molar-refractivity contribution < 1.29 is 13.3 Å². The summed E-state index contributed by atoms with van der Waals surface area (Å²) in [5.74, 6) is 0.600. The van der Waals surface area contributed by atoms with Crippen LogP contribution < -0.4 is 5.32 Å². The molecule has 0 aromatic heterocycles. The number of sulfone groups is 1. The second-order valence-electron chi connectivity index (χ2n) is 6.29. The first-order valence-electron chi connectivity index (χ1n) is 7.58. The van der Waals surface area contributed by atoms with E-state index >= 15 is 0 Å². The Morgan fingerprint density at radius 2 is 2.04 bits per heavy atom. The third-order valence-electron chi connectivity index (χ3n) is 4.18. The lowest BCUT2D eigenvalue weighted by atomic mass is 10.1. The van der Waals surface area contributed by atoms with E-state index in [0.717, 1.165) is 0 Å². The van der Waals surface area contributed by atoms with Gasteiger partial charge in [0.1, 0.15) is 0 Å². The molecule has 1 aromatic carbocycles. The Kier molecular flexibility index (Phi) is 7.18. The van der Waals surface area contributed by atoms with Gasteiger partial charge in [0, 0.05) is 38.3 Å². The average Bonchev–Trinajstić information content (AvgIpc) is 2.51. The molecule has 0 spiro atoms. The standard InChI is InChI=1S/C15H22N4O4S.HI/c1-15(2)11-18(8-9-24(15,22)23)14(16-3)17-10-12-6-4-5-7-13(12)19(20)21;/h4-7H,8-11H2,1-3H3,(H,16,17);1H. The molecule has 1 aromatic rings. The largest absolute Gasteiger partial charge is 0.352 e. The summed E-state index contributed by atoms with van der Waals surface area (Å²) in [6.45, 7) is 4.31. The van der Waals surface area contributed by atoms with Crippen LogP contribution in [0.5, 0.6) is 0 Å². The van der Waals surface area contributed by atoms with Gasteiger partial charge in [0.15, 0.2) is 15.8 Å². The van der Waals surface area contributed by atoms with Crippen LogP contribution in [0.15, 0.2) is 29.3 Å². The summed E-state index contributed by atoms with van der Waals surface area (Å²) < 4.78 is 23.3. The van der Waals surface area contributed by atoms with Gasteiger partial charge in [-0.2, -0.15) is 0 Å². The van der Waals surface area contributed by atoms with Crippen molar-refractivity contribution in [1.82, 2.24) is 10.2 Å². The normalized spacial score (nSPS) is 19.0. The van der Waals surface area contributed by atoms with Crippen molar-refractivity contribution in [3.8, 4) is 0 Å². The number of halogens is 1. The third kappa shape index (κ3) is 4.81. The second kappa shape index (κ2) is 8.30. The Morgan fingerprint density at radius 3 is 2.60 bits per heavy atom. The summed E-state index contributed by atoms with van der Waals surface area (Å²) >= 11 is 0. The van der Waals surface area contributed by atoms with Gasteiger partial charge >= 0.3 is 0 Å². The Balaban J connectivity index is 0.00000312. The summed E-state index contributed by atoms with van der Waals surface area (Å²) in [6, 6.07) is 6.50. The topological polar surface area (TPSA) is 105 Å². The molecule has 1 aliphatic rings. The van der Waals surface area contributed by atoms with Gasteiger partial charge in [-0.1, -0.05) is 18.2 Å². The lowest BCUT2D eigenvalue weighted by Crippen LogP contribution is -2.57. The van der Waals surface area contributed by atoms with Gasteiger partial charge in [-0.3, -0.25) is 15.1 Å². The quantitative estimate of drug-likeness (QED) is 0.232. The molecular weight excluding hydrogens is 459 g/mol. The van der Waals surface area contributed by atoms with E-state index in [0.29, 0.717) is 24.6 Å². The maximum atomic E-state index is 12.1. The lowest BCUT2D eigenvalue weighted by Gasteiger charge is -2.39. The van der Waals surface area contributed by atoms with Crippen LogP contribution in [0.3, 0.4) is 0 Å². The van der Waals surface area contributed by atoms with Crippen molar-refractivity contribution in [2.75, 3.05) is 25.9 Å². The molecule has 0 radical (unpaired) electrons. The van der Waals surface area contributed by atoms with Crippen LogP contribution in [0.2, 0.25) is 0 Å². The van der Waals surface area contributed by atoms with Crippen LogP contribution in [0.4, 0.5) is 5.69 Å². The van der Waals surface area contributed by atoms with Crippen molar-refractivity contribution >= 4 is 45.5 Å². The van der Waals surface area contributed by atoms with E-state index in [1.807, 2.05) is 4.90 Å². The fourth-order valence-electron chi connectivity index (χ4n) is 2.67. The van der Waals surface area contributed by atoms with E-state index in [2.05, 4.69) is 10.3 Å². The van der Waals surface area contributed by atoms with Crippen LogP contribution in [0.1, 0.15) is 19.4 Å². The second-order valence-corrected chi connectivity index (χ2v) is 9.03. The molecule has 0 unspecified atom stereocenters. The van der Waals surface area contributed by atoms with Crippen LogP contribution in [-0.2, 0) is 16.4 Å². The molecule has 0 saturated carbocycles. The van der Waals surface area contributed by atoms with E-state index in [1.165, 1.54) is 6.07 Å². The number of nitrogens with zero attached hydrogens (tertiary/aromatic N) is 3. The summed E-state index contributed by atoms with van der Waals surface area (Å²) in [7, 11) is -1.53. The molecule has 8 nitrogen and oxygen atoms in total. The fourth-order valence-corrected chi connectivity index (χ4v) is 4.04. The van der Waals surface area contributed by atoms with E-state index < -0.39 is 19.5 Å². The Labute approximate surface area is 164 Å². The van der Waals surface area contributed by atoms with Crippen molar-refractivity contribution in [3.05, 3.63) is 39.9 Å². The maximum Gasteiger partial charge on any atom is 0.274 e. The fraction of sp³-hybridized carbons (Fsp3) is 0.533. The Morgan fingerprint density at radius 1 is 1.40 bits per heavy atom. The number of guanidine groups is 1. The number of para-hydroxylation sites is 1. The monoisotopic (exact) mass is 482 g/mol. The number of nitro groups is 1. The summed E-state index contributed by atoms with van der Waals surface area (Å²) in [5, 5.41) is 14.2. The zero-order valence-corrected chi connectivity index (χ0v) is 17.6. The predicted octanol–water partition coefficient (Wildman–Crippen LogP) is 1.80. The molecular formula is C15H23IN4O4S. The first-order valence-corrected chi connectivity index (χ1v) is 9.23. The van der Waals surface area contributed by atoms with Gasteiger partial charge in [-0.05, 0) is 13.8 Å². The SMILES string of the molecule is CN=C(NCc1ccccc1[N+](=O)[O-])N1CCS(=O)(=O)C(C)(C)C1.I. The highest BCUT2D eigenvalue weighted by Gasteiger charge is 2.40. The van der Waals surface area contributed by atoms with E-state index in [1.54, 1.807) is 39.1 Å². The molecule has 0 aliphatic carbocycles. The number of hydrogen-bond acceptors (Lipinski definition) is 5. The minimum Gasteiger partial charge on any atom is -0.352 e. The van der Waals surface area contributed by atoms with Crippen LogP contribution in [-0.4, -0.2) is 54.8 Å². The number of benzene rings is 1. The van der Waals surface area contributed by atoms with E-state index in [9.17, 15) is 18.5 Å². The minimum atomic E-state index is -3.13. The van der Waals surface area contributed by atoms with Gasteiger partial charge in [-0.25, -0.2) is 8.42 Å². The van der Waals surface area contributed by atoms with Gasteiger partial charge in [-0.15, -0.1) is 24.0 Å². The van der Waals surface area contributed by atoms with Gasteiger partial charge in [0.05, 0.1) is 15.4 Å². The van der Waals surface area contributed by atoms with Crippen molar-refractivity contribution in [2.45, 2.75) is 25.1 Å². The van der Waals surface area contributed by atoms with E-state index in [-0.39, 0.29) is 42.0 Å². The lowest BCUT2D eigenvalue weighted by molar-refractivity contribution is -0.385. The molecule has 1 fully saturated rings. The molecule has 1 N–H and O–H groups in total. The van der Waals surface area contributed by atoms with Crippen molar-refractivity contribution in [2.24, 2.45) is 4.99 Å². The molecule has 1 saturated heterocycles. The first-order chi connectivity index (χ1) is 11.2. The highest BCUT2D eigenvalue weighted by Crippen LogP contribution is 2.24. The van der Waals surface area contributed by atoms with E-state index in [4.69, 9.17) is 0 Å². The Bertz CT molecular complexity index is 765. The predicted molar refractivity (Wildman–Crippen MR) is 108 cm³/mol. The molecule has 10 heteroatoms. The molecule has 0 atom stereocenters. The summed E-state index contributed by atoms with van der Waals surface area (Å²) in [6.07, 6.45) is 0.